The zero-order valence-electron chi connectivity index (χ0n) is 13.7. The molecule has 1 spiro atoms. The number of sulfone groups is 1. The summed E-state index contributed by atoms with van der Waals surface area (Å²) in [5, 5.41) is 3.92. The molecule has 2 fully saturated rings. The van der Waals surface area contributed by atoms with Crippen molar-refractivity contribution in [3.8, 4) is 0 Å². The zero-order chi connectivity index (χ0) is 17.4. The Labute approximate surface area is 146 Å². The number of hydrogen-bond donors (Lipinski definition) is 0. The molecule has 0 aromatic carbocycles. The van der Waals surface area contributed by atoms with Crippen LogP contribution in [0.5, 0.6) is 0 Å². The van der Waals surface area contributed by atoms with Crippen molar-refractivity contribution in [2.24, 2.45) is 5.41 Å². The van der Waals surface area contributed by atoms with Crippen molar-refractivity contribution in [1.29, 1.82) is 0 Å². The Morgan fingerprint density at radius 3 is 2.79 bits per heavy atom. The summed E-state index contributed by atoms with van der Waals surface area (Å²) in [5.74, 6) is -0.201. The van der Waals surface area contributed by atoms with Crippen LogP contribution in [0.25, 0.3) is 0 Å². The maximum absolute atomic E-state index is 13.0. The number of amides is 2. The van der Waals surface area contributed by atoms with Gasteiger partial charge in [0.05, 0.1) is 16.9 Å². The Bertz CT molecular complexity index is 729. The first-order valence-electron chi connectivity index (χ1n) is 8.10. The van der Waals surface area contributed by atoms with Gasteiger partial charge in [-0.05, 0) is 30.7 Å². The molecule has 24 heavy (non-hydrogen) atoms. The van der Waals surface area contributed by atoms with Gasteiger partial charge in [-0.15, -0.1) is 0 Å². The second kappa shape index (κ2) is 6.48. The molecule has 0 saturated carbocycles. The topological polar surface area (TPSA) is 74.8 Å². The van der Waals surface area contributed by atoms with Crippen LogP contribution in [0.1, 0.15) is 25.7 Å². The minimum Gasteiger partial charge on any atom is -0.342 e. The smallest absolute Gasteiger partial charge is 0.235 e. The summed E-state index contributed by atoms with van der Waals surface area (Å²) in [6, 6.07) is 1.94. The molecule has 0 N–H and O–H groups in total. The van der Waals surface area contributed by atoms with Gasteiger partial charge in [-0.2, -0.15) is 11.3 Å². The highest BCUT2D eigenvalue weighted by Gasteiger charge is 2.49. The van der Waals surface area contributed by atoms with E-state index in [4.69, 9.17) is 0 Å². The van der Waals surface area contributed by atoms with Crippen molar-refractivity contribution in [2.75, 3.05) is 36.5 Å². The van der Waals surface area contributed by atoms with Gasteiger partial charge in [0.15, 0.2) is 0 Å². The minimum absolute atomic E-state index is 0.00263. The molecule has 6 nitrogen and oxygen atoms in total. The van der Waals surface area contributed by atoms with Crippen LogP contribution in [0.3, 0.4) is 0 Å². The van der Waals surface area contributed by atoms with E-state index in [0.29, 0.717) is 19.6 Å². The summed E-state index contributed by atoms with van der Waals surface area (Å²) in [6.45, 7) is 1.70. The quantitative estimate of drug-likeness (QED) is 0.805. The van der Waals surface area contributed by atoms with Crippen LogP contribution in [-0.2, 0) is 19.4 Å². The molecule has 132 valence electrons. The van der Waals surface area contributed by atoms with Crippen molar-refractivity contribution in [2.45, 2.75) is 25.7 Å². The van der Waals surface area contributed by atoms with Crippen LogP contribution in [0.15, 0.2) is 16.8 Å². The minimum atomic E-state index is -3.16. The lowest BCUT2D eigenvalue weighted by Gasteiger charge is -2.39. The lowest BCUT2D eigenvalue weighted by Crippen LogP contribution is -2.50. The van der Waals surface area contributed by atoms with E-state index in [0.717, 1.165) is 31.2 Å². The average Bonchev–Trinajstić information content (AvgIpc) is 3.15. The molecular formula is C16H22N2O4S2. The predicted octanol–water partition coefficient (Wildman–Crippen LogP) is 1.53. The fourth-order valence-corrected chi connectivity index (χ4v) is 4.82. The standard InChI is InChI=1S/C16H22N2O4S2/c1-24(21,22)10-4-14(19)17-7-2-5-16(12-17)6-8-18(15(16)20)13-3-9-23-11-13/h3,9,11H,2,4-8,10,12H2,1H3. The van der Waals surface area contributed by atoms with Gasteiger partial charge < -0.3 is 9.80 Å². The van der Waals surface area contributed by atoms with Crippen LogP contribution < -0.4 is 4.90 Å². The molecule has 3 heterocycles. The van der Waals surface area contributed by atoms with E-state index in [-0.39, 0.29) is 24.0 Å². The van der Waals surface area contributed by atoms with Crippen molar-refractivity contribution in [1.82, 2.24) is 4.90 Å². The molecule has 1 aromatic heterocycles. The number of nitrogens with zero attached hydrogens (tertiary/aromatic N) is 2. The molecule has 2 amide bonds. The Hall–Kier alpha value is -1.41. The predicted molar refractivity (Wildman–Crippen MR) is 93.9 cm³/mol. The third-order valence-electron chi connectivity index (χ3n) is 4.95. The third-order valence-corrected chi connectivity index (χ3v) is 6.56. The van der Waals surface area contributed by atoms with Crippen LogP contribution in [-0.4, -0.2) is 56.8 Å². The van der Waals surface area contributed by atoms with Crippen LogP contribution in [0, 0.1) is 5.41 Å². The average molecular weight is 370 g/mol. The van der Waals surface area contributed by atoms with E-state index in [2.05, 4.69) is 0 Å². The summed E-state index contributed by atoms with van der Waals surface area (Å²) in [6.07, 6.45) is 3.46. The first-order chi connectivity index (χ1) is 11.3. The maximum Gasteiger partial charge on any atom is 0.235 e. The van der Waals surface area contributed by atoms with E-state index >= 15 is 0 Å². The van der Waals surface area contributed by atoms with Gasteiger partial charge >= 0.3 is 0 Å². The summed E-state index contributed by atoms with van der Waals surface area (Å²) in [7, 11) is -3.16. The third kappa shape index (κ3) is 3.49. The van der Waals surface area contributed by atoms with Gasteiger partial charge in [-0.25, -0.2) is 8.42 Å². The van der Waals surface area contributed by atoms with Gasteiger partial charge in [-0.3, -0.25) is 9.59 Å². The van der Waals surface area contributed by atoms with E-state index in [1.165, 1.54) is 0 Å². The second-order valence-corrected chi connectivity index (χ2v) is 9.81. The summed E-state index contributed by atoms with van der Waals surface area (Å²) in [5.41, 5.74) is 0.434. The second-order valence-electron chi connectivity index (χ2n) is 6.77. The monoisotopic (exact) mass is 370 g/mol. The van der Waals surface area contributed by atoms with E-state index in [1.807, 2.05) is 21.7 Å². The molecule has 1 aromatic rings. The highest BCUT2D eigenvalue weighted by atomic mass is 32.2. The number of rotatable bonds is 4. The van der Waals surface area contributed by atoms with E-state index < -0.39 is 15.3 Å². The molecule has 3 rings (SSSR count). The molecule has 0 aliphatic carbocycles. The van der Waals surface area contributed by atoms with Crippen molar-refractivity contribution in [3.63, 3.8) is 0 Å². The molecule has 2 saturated heterocycles. The fraction of sp³-hybridized carbons (Fsp3) is 0.625. The number of hydrogen-bond acceptors (Lipinski definition) is 5. The molecule has 0 radical (unpaired) electrons. The lowest BCUT2D eigenvalue weighted by molar-refractivity contribution is -0.138. The normalized spacial score (nSPS) is 24.8. The summed E-state index contributed by atoms with van der Waals surface area (Å²) < 4.78 is 22.5. The van der Waals surface area contributed by atoms with Gasteiger partial charge in [0, 0.05) is 37.7 Å². The molecule has 1 atom stereocenters. The van der Waals surface area contributed by atoms with Gasteiger partial charge in [0.25, 0.3) is 0 Å². The molecule has 1 unspecified atom stereocenters. The fourth-order valence-electron chi connectivity index (χ4n) is 3.63. The largest absolute Gasteiger partial charge is 0.342 e. The highest BCUT2D eigenvalue weighted by Crippen LogP contribution is 2.42. The van der Waals surface area contributed by atoms with Crippen molar-refractivity contribution < 1.29 is 18.0 Å². The lowest BCUT2D eigenvalue weighted by atomic mass is 9.78. The molecule has 0 bridgehead atoms. The summed E-state index contributed by atoms with van der Waals surface area (Å²) >= 11 is 1.56. The van der Waals surface area contributed by atoms with Gasteiger partial charge in [0.1, 0.15) is 9.84 Å². The number of carbonyl (C=O) groups excluding carboxylic acids is 2. The molecule has 8 heteroatoms. The first kappa shape index (κ1) is 17.4. The number of likely N-dealkylation sites (tertiary alicyclic amines) is 1. The Kier molecular flexibility index (Phi) is 4.70. The molecule has 2 aliphatic heterocycles. The SMILES string of the molecule is CS(=O)(=O)CCC(=O)N1CCCC2(CCN(c3ccsc3)C2=O)C1. The highest BCUT2D eigenvalue weighted by molar-refractivity contribution is 7.90. The number of anilines is 1. The van der Waals surface area contributed by atoms with Crippen LogP contribution in [0.2, 0.25) is 0 Å². The maximum atomic E-state index is 13.0. The number of thiophene rings is 1. The summed E-state index contributed by atoms with van der Waals surface area (Å²) in [4.78, 5) is 28.8. The Morgan fingerprint density at radius 2 is 2.12 bits per heavy atom. The Balaban J connectivity index is 1.69. The zero-order valence-corrected chi connectivity index (χ0v) is 15.4. The Morgan fingerprint density at radius 1 is 1.33 bits per heavy atom. The molecular weight excluding hydrogens is 348 g/mol. The number of piperidine rings is 1. The number of carbonyl (C=O) groups is 2. The van der Waals surface area contributed by atoms with E-state index in [1.54, 1.807) is 16.2 Å². The molecule has 2 aliphatic rings. The van der Waals surface area contributed by atoms with Crippen molar-refractivity contribution >= 4 is 38.7 Å². The van der Waals surface area contributed by atoms with Crippen LogP contribution >= 0.6 is 11.3 Å². The van der Waals surface area contributed by atoms with Crippen LogP contribution in [0.4, 0.5) is 5.69 Å². The van der Waals surface area contributed by atoms with Crippen molar-refractivity contribution in [3.05, 3.63) is 16.8 Å². The van der Waals surface area contributed by atoms with Gasteiger partial charge in [0.2, 0.25) is 11.8 Å². The first-order valence-corrected chi connectivity index (χ1v) is 11.1. The van der Waals surface area contributed by atoms with E-state index in [9.17, 15) is 18.0 Å². The van der Waals surface area contributed by atoms with Gasteiger partial charge in [-0.1, -0.05) is 0 Å².